The quantitative estimate of drug-likeness (QED) is 0.708. The molecule has 1 aromatic heterocycles. The minimum atomic E-state index is -0.378. The van der Waals surface area contributed by atoms with Crippen LogP contribution in [-0.4, -0.2) is 10.9 Å². The molecule has 0 saturated heterocycles. The van der Waals surface area contributed by atoms with E-state index in [4.69, 9.17) is 21.8 Å². The van der Waals surface area contributed by atoms with Gasteiger partial charge in [-0.15, -0.1) is 0 Å². The molecule has 3 rings (SSSR count). The predicted molar refractivity (Wildman–Crippen MR) is 90.5 cm³/mol. The van der Waals surface area contributed by atoms with Crippen molar-refractivity contribution in [2.24, 2.45) is 0 Å². The summed E-state index contributed by atoms with van der Waals surface area (Å²) in [5.74, 6) is -0.0120. The maximum atomic E-state index is 12.4. The first-order valence-electron chi connectivity index (χ1n) is 6.91. The maximum absolute atomic E-state index is 12.4. The van der Waals surface area contributed by atoms with Gasteiger partial charge in [-0.05, 0) is 36.8 Å². The topological polar surface area (TPSA) is 81.2 Å². The molecule has 3 aromatic rings. The van der Waals surface area contributed by atoms with Crippen LogP contribution >= 0.6 is 11.6 Å². The van der Waals surface area contributed by atoms with E-state index in [1.54, 1.807) is 36.4 Å². The van der Waals surface area contributed by atoms with Crippen LogP contribution in [0.4, 0.5) is 11.4 Å². The van der Waals surface area contributed by atoms with Crippen molar-refractivity contribution in [3.05, 3.63) is 65.1 Å². The van der Waals surface area contributed by atoms with Crippen molar-refractivity contribution in [3.8, 4) is 11.3 Å². The molecule has 6 heteroatoms. The summed E-state index contributed by atoms with van der Waals surface area (Å²) in [6, 6.07) is 12.4. The van der Waals surface area contributed by atoms with E-state index in [2.05, 4.69) is 10.3 Å². The summed E-state index contributed by atoms with van der Waals surface area (Å²) < 4.78 is 5.35. The van der Waals surface area contributed by atoms with Gasteiger partial charge in [0.2, 0.25) is 0 Å². The number of carbonyl (C=O) groups excluding carboxylic acids is 1. The third kappa shape index (κ3) is 3.19. The van der Waals surface area contributed by atoms with Crippen LogP contribution in [0.25, 0.3) is 11.3 Å². The van der Waals surface area contributed by atoms with Crippen LogP contribution in [0.2, 0.25) is 5.02 Å². The summed E-state index contributed by atoms with van der Waals surface area (Å²) in [5.41, 5.74) is 8.88. The molecule has 1 heterocycles. The van der Waals surface area contributed by atoms with Crippen molar-refractivity contribution in [1.82, 2.24) is 4.98 Å². The van der Waals surface area contributed by atoms with Gasteiger partial charge in [0.05, 0.1) is 0 Å². The highest BCUT2D eigenvalue weighted by Crippen LogP contribution is 2.26. The van der Waals surface area contributed by atoms with Crippen molar-refractivity contribution >= 4 is 28.9 Å². The predicted octanol–water partition coefficient (Wildman–Crippen LogP) is 4.14. The number of hydrogen-bond donors (Lipinski definition) is 2. The molecule has 1 amide bonds. The van der Waals surface area contributed by atoms with Crippen LogP contribution in [0, 0.1) is 6.92 Å². The van der Waals surface area contributed by atoms with Crippen LogP contribution in [0.15, 0.2) is 53.3 Å². The van der Waals surface area contributed by atoms with Crippen molar-refractivity contribution in [3.63, 3.8) is 0 Å². The van der Waals surface area contributed by atoms with Crippen LogP contribution in [0.5, 0.6) is 0 Å². The number of amides is 1. The number of aromatic nitrogens is 1. The van der Waals surface area contributed by atoms with E-state index in [1.807, 2.05) is 13.0 Å². The molecule has 0 saturated carbocycles. The molecule has 23 heavy (non-hydrogen) atoms. The van der Waals surface area contributed by atoms with E-state index < -0.39 is 0 Å². The van der Waals surface area contributed by atoms with Gasteiger partial charge < -0.3 is 15.5 Å². The minimum absolute atomic E-state index is 0.186. The third-order valence-corrected chi connectivity index (χ3v) is 3.64. The zero-order valence-electron chi connectivity index (χ0n) is 12.3. The van der Waals surface area contributed by atoms with Crippen molar-refractivity contribution in [2.75, 3.05) is 11.1 Å². The van der Waals surface area contributed by atoms with Gasteiger partial charge in [0, 0.05) is 22.0 Å². The summed E-state index contributed by atoms with van der Waals surface area (Å²) in [4.78, 5) is 16.4. The Morgan fingerprint density at radius 3 is 2.83 bits per heavy atom. The van der Waals surface area contributed by atoms with Crippen molar-refractivity contribution < 1.29 is 9.21 Å². The Hall–Kier alpha value is -2.79. The average molecular weight is 328 g/mol. The fraction of sp³-hybridized carbons (Fsp3) is 0.0588. The Morgan fingerprint density at radius 1 is 1.26 bits per heavy atom. The van der Waals surface area contributed by atoms with Crippen LogP contribution in [0.3, 0.4) is 0 Å². The van der Waals surface area contributed by atoms with Crippen molar-refractivity contribution in [1.29, 1.82) is 0 Å². The molecular weight excluding hydrogens is 314 g/mol. The molecule has 0 bridgehead atoms. The highest BCUT2D eigenvalue weighted by molar-refractivity contribution is 6.30. The third-order valence-electron chi connectivity index (χ3n) is 3.41. The van der Waals surface area contributed by atoms with Gasteiger partial charge in [-0.25, -0.2) is 4.98 Å². The molecule has 5 nitrogen and oxygen atoms in total. The lowest BCUT2D eigenvalue weighted by Gasteiger charge is -2.07. The van der Waals surface area contributed by atoms with E-state index >= 15 is 0 Å². The van der Waals surface area contributed by atoms with E-state index in [0.29, 0.717) is 27.7 Å². The van der Waals surface area contributed by atoms with Gasteiger partial charge in [0.15, 0.2) is 17.8 Å². The Morgan fingerprint density at radius 2 is 2.09 bits per heavy atom. The van der Waals surface area contributed by atoms with Crippen LogP contribution in [0.1, 0.15) is 16.1 Å². The number of nitrogens with two attached hydrogens (primary N) is 1. The van der Waals surface area contributed by atoms with E-state index in [0.717, 1.165) is 5.56 Å². The van der Waals surface area contributed by atoms with Gasteiger partial charge in [-0.2, -0.15) is 0 Å². The number of aryl methyl sites for hydroxylation is 1. The van der Waals surface area contributed by atoms with E-state index in [1.165, 1.54) is 6.39 Å². The number of rotatable bonds is 3. The molecule has 0 spiro atoms. The zero-order valence-corrected chi connectivity index (χ0v) is 13.1. The Balaban J connectivity index is 1.89. The second kappa shape index (κ2) is 6.14. The fourth-order valence-electron chi connectivity index (χ4n) is 2.15. The average Bonchev–Trinajstić information content (AvgIpc) is 3.00. The Kier molecular flexibility index (Phi) is 4.04. The van der Waals surface area contributed by atoms with E-state index in [-0.39, 0.29) is 11.6 Å². The number of nitrogens with one attached hydrogen (secondary N) is 1. The Labute approximate surface area is 138 Å². The number of nitrogen functional groups attached to an aromatic ring is 1. The standard InChI is InChI=1S/C17H14ClN3O2/c1-10-5-6-13(8-14(10)19)21-17(22)15-16(23-9-20-15)11-3-2-4-12(18)7-11/h2-9H,19H2,1H3,(H,21,22). The monoisotopic (exact) mass is 327 g/mol. The summed E-state index contributed by atoms with van der Waals surface area (Å²) >= 11 is 5.98. The molecule has 0 aliphatic carbocycles. The number of nitrogens with zero attached hydrogens (tertiary/aromatic N) is 1. The molecule has 3 N–H and O–H groups in total. The largest absolute Gasteiger partial charge is 0.443 e. The minimum Gasteiger partial charge on any atom is -0.443 e. The number of benzene rings is 2. The van der Waals surface area contributed by atoms with Gasteiger partial charge in [-0.3, -0.25) is 4.79 Å². The number of halogens is 1. The molecule has 0 fully saturated rings. The van der Waals surface area contributed by atoms with Gasteiger partial charge in [-0.1, -0.05) is 29.8 Å². The summed E-state index contributed by atoms with van der Waals surface area (Å²) in [7, 11) is 0. The lowest BCUT2D eigenvalue weighted by Crippen LogP contribution is -2.13. The summed E-state index contributed by atoms with van der Waals surface area (Å²) in [6.07, 6.45) is 1.23. The smallest absolute Gasteiger partial charge is 0.278 e. The maximum Gasteiger partial charge on any atom is 0.278 e. The number of hydrogen-bond acceptors (Lipinski definition) is 4. The number of carbonyl (C=O) groups is 1. The van der Waals surface area contributed by atoms with Crippen LogP contribution in [-0.2, 0) is 0 Å². The molecule has 116 valence electrons. The van der Waals surface area contributed by atoms with Gasteiger partial charge in [0.1, 0.15) is 0 Å². The molecule has 2 aromatic carbocycles. The Bertz CT molecular complexity index is 874. The molecule has 0 radical (unpaired) electrons. The SMILES string of the molecule is Cc1ccc(NC(=O)c2ncoc2-c2cccc(Cl)c2)cc1N. The summed E-state index contributed by atoms with van der Waals surface area (Å²) in [6.45, 7) is 1.90. The van der Waals surface area contributed by atoms with Gasteiger partial charge >= 0.3 is 0 Å². The first-order valence-corrected chi connectivity index (χ1v) is 7.29. The molecule has 0 unspecified atom stereocenters. The second-order valence-corrected chi connectivity index (χ2v) is 5.50. The fourth-order valence-corrected chi connectivity index (χ4v) is 2.34. The molecule has 0 aliphatic rings. The second-order valence-electron chi connectivity index (χ2n) is 5.07. The zero-order chi connectivity index (χ0) is 16.4. The summed E-state index contributed by atoms with van der Waals surface area (Å²) in [5, 5.41) is 3.32. The van der Waals surface area contributed by atoms with Crippen LogP contribution < -0.4 is 11.1 Å². The lowest BCUT2D eigenvalue weighted by atomic mass is 10.1. The van der Waals surface area contributed by atoms with E-state index in [9.17, 15) is 4.79 Å². The first-order chi connectivity index (χ1) is 11.0. The van der Waals surface area contributed by atoms with Gasteiger partial charge in [0.25, 0.3) is 5.91 Å². The number of anilines is 2. The highest BCUT2D eigenvalue weighted by Gasteiger charge is 2.18. The lowest BCUT2D eigenvalue weighted by molar-refractivity contribution is 0.102. The highest BCUT2D eigenvalue weighted by atomic mass is 35.5. The van der Waals surface area contributed by atoms with Crippen molar-refractivity contribution in [2.45, 2.75) is 6.92 Å². The molecule has 0 atom stereocenters. The molecule has 0 aliphatic heterocycles. The molecular formula is C17H14ClN3O2. The first kappa shape index (κ1) is 15.1. The number of oxazole rings is 1. The normalized spacial score (nSPS) is 10.5.